The largest absolute Gasteiger partial charge is 0.376 e. The minimum absolute atomic E-state index is 0.0795. The summed E-state index contributed by atoms with van der Waals surface area (Å²) in [7, 11) is 5.13. The zero-order chi connectivity index (χ0) is 15.9. The van der Waals surface area contributed by atoms with E-state index in [0.29, 0.717) is 22.8 Å². The Morgan fingerprint density at radius 3 is 2.59 bits per heavy atom. The van der Waals surface area contributed by atoms with Crippen molar-refractivity contribution in [1.29, 1.82) is 0 Å². The van der Waals surface area contributed by atoms with Crippen LogP contribution in [-0.2, 0) is 14.2 Å². The van der Waals surface area contributed by atoms with Gasteiger partial charge in [-0.05, 0) is 13.8 Å². The van der Waals surface area contributed by atoms with E-state index >= 15 is 0 Å². The first-order valence-corrected chi connectivity index (χ1v) is 7.20. The Morgan fingerprint density at radius 1 is 1.23 bits per heavy atom. The molecule has 1 aliphatic heterocycles. The number of aryl methyl sites for hydroxylation is 1. The molecule has 0 aliphatic carbocycles. The molecule has 1 aliphatic rings. The second-order valence-corrected chi connectivity index (χ2v) is 5.33. The van der Waals surface area contributed by atoms with Crippen molar-refractivity contribution in [2.24, 2.45) is 0 Å². The van der Waals surface area contributed by atoms with Gasteiger partial charge >= 0.3 is 0 Å². The van der Waals surface area contributed by atoms with Crippen molar-refractivity contribution in [2.75, 3.05) is 26.6 Å². The fourth-order valence-electron chi connectivity index (χ4n) is 2.99. The molecule has 1 N–H and O–H groups in total. The van der Waals surface area contributed by atoms with E-state index in [4.69, 9.17) is 14.2 Å². The van der Waals surface area contributed by atoms with Gasteiger partial charge in [0.2, 0.25) is 0 Å². The van der Waals surface area contributed by atoms with Gasteiger partial charge in [-0.1, -0.05) is 0 Å². The number of methoxy groups -OCH3 is 2. The fraction of sp³-hybridized carbons (Fsp3) is 0.643. The molecule has 8 nitrogen and oxygen atoms in total. The zero-order valence-electron chi connectivity index (χ0n) is 13.4. The van der Waals surface area contributed by atoms with Crippen molar-refractivity contribution in [3.8, 4) is 0 Å². The topological polar surface area (TPSA) is 83.3 Å². The van der Waals surface area contributed by atoms with Crippen molar-refractivity contribution in [2.45, 2.75) is 38.4 Å². The Kier molecular flexibility index (Phi) is 3.98. The first-order valence-electron chi connectivity index (χ1n) is 7.20. The number of aromatic nitrogens is 4. The van der Waals surface area contributed by atoms with Crippen LogP contribution in [0.5, 0.6) is 0 Å². The predicted molar refractivity (Wildman–Crippen MR) is 80.8 cm³/mol. The van der Waals surface area contributed by atoms with E-state index < -0.39 is 0 Å². The molecule has 4 unspecified atom stereocenters. The van der Waals surface area contributed by atoms with Crippen LogP contribution in [0, 0.1) is 6.92 Å². The molecule has 1 fully saturated rings. The van der Waals surface area contributed by atoms with Gasteiger partial charge in [0.1, 0.15) is 18.0 Å². The van der Waals surface area contributed by atoms with E-state index in [-0.39, 0.29) is 24.5 Å². The highest BCUT2D eigenvalue weighted by molar-refractivity contribution is 5.82. The van der Waals surface area contributed by atoms with Crippen LogP contribution < -0.4 is 5.32 Å². The minimum atomic E-state index is -0.339. The molecular formula is C14H21N5O3. The van der Waals surface area contributed by atoms with Crippen LogP contribution in [0.1, 0.15) is 19.0 Å². The molecule has 0 saturated carbocycles. The fourth-order valence-corrected chi connectivity index (χ4v) is 2.99. The summed E-state index contributed by atoms with van der Waals surface area (Å²) in [5.41, 5.74) is 1.42. The summed E-state index contributed by atoms with van der Waals surface area (Å²) in [5.74, 6) is 1.37. The molecule has 8 heteroatoms. The lowest BCUT2D eigenvalue weighted by molar-refractivity contribution is -0.0507. The lowest BCUT2D eigenvalue weighted by Crippen LogP contribution is -2.34. The maximum absolute atomic E-state index is 6.03. The molecule has 0 amide bonds. The number of fused-ring (bicyclic) bond motifs is 1. The minimum Gasteiger partial charge on any atom is -0.376 e. The molecule has 3 heterocycles. The predicted octanol–water partition coefficient (Wildman–Crippen LogP) is 1.12. The van der Waals surface area contributed by atoms with Gasteiger partial charge in [-0.3, -0.25) is 4.57 Å². The van der Waals surface area contributed by atoms with Crippen LogP contribution in [0.25, 0.3) is 11.2 Å². The number of nitrogens with one attached hydrogen (secondary N) is 1. The van der Waals surface area contributed by atoms with Gasteiger partial charge in [0.15, 0.2) is 23.2 Å². The lowest BCUT2D eigenvalue weighted by atomic mass is 10.1. The molecule has 2 aromatic rings. The van der Waals surface area contributed by atoms with Crippen LogP contribution in [0.4, 0.5) is 5.82 Å². The highest BCUT2D eigenvalue weighted by Crippen LogP contribution is 2.35. The van der Waals surface area contributed by atoms with Gasteiger partial charge in [0.25, 0.3) is 0 Å². The van der Waals surface area contributed by atoms with Gasteiger partial charge in [0, 0.05) is 21.3 Å². The summed E-state index contributed by atoms with van der Waals surface area (Å²) in [6.45, 7) is 3.82. The smallest absolute Gasteiger partial charge is 0.167 e. The second-order valence-electron chi connectivity index (χ2n) is 5.33. The van der Waals surface area contributed by atoms with Crippen molar-refractivity contribution >= 4 is 17.0 Å². The monoisotopic (exact) mass is 307 g/mol. The number of rotatable bonds is 4. The highest BCUT2D eigenvalue weighted by atomic mass is 16.6. The van der Waals surface area contributed by atoms with Gasteiger partial charge in [0.05, 0.1) is 12.4 Å². The van der Waals surface area contributed by atoms with Gasteiger partial charge < -0.3 is 19.5 Å². The highest BCUT2D eigenvalue weighted by Gasteiger charge is 2.44. The van der Waals surface area contributed by atoms with E-state index in [2.05, 4.69) is 20.3 Å². The van der Waals surface area contributed by atoms with E-state index in [1.165, 1.54) is 0 Å². The van der Waals surface area contributed by atoms with Crippen LogP contribution in [-0.4, -0.2) is 59.1 Å². The normalized spacial score (nSPS) is 28.4. The van der Waals surface area contributed by atoms with Crippen LogP contribution in [0.2, 0.25) is 0 Å². The Morgan fingerprint density at radius 2 is 1.95 bits per heavy atom. The van der Waals surface area contributed by atoms with Gasteiger partial charge in [-0.15, -0.1) is 0 Å². The summed E-state index contributed by atoms with van der Waals surface area (Å²) in [6.07, 6.45) is 0.920. The average Bonchev–Trinajstić information content (AvgIpc) is 3.06. The Hall–Kier alpha value is -1.77. The quantitative estimate of drug-likeness (QED) is 0.906. The summed E-state index contributed by atoms with van der Waals surface area (Å²) < 4.78 is 19.0. The Labute approximate surface area is 128 Å². The third kappa shape index (κ3) is 2.23. The third-order valence-corrected chi connectivity index (χ3v) is 4.01. The summed E-state index contributed by atoms with van der Waals surface area (Å²) in [6, 6.07) is 0. The molecule has 4 atom stereocenters. The van der Waals surface area contributed by atoms with Crippen molar-refractivity contribution in [3.63, 3.8) is 0 Å². The molecule has 22 heavy (non-hydrogen) atoms. The van der Waals surface area contributed by atoms with Gasteiger partial charge in [-0.25, -0.2) is 15.0 Å². The Bertz CT molecular complexity index is 674. The van der Waals surface area contributed by atoms with E-state index in [9.17, 15) is 0 Å². The van der Waals surface area contributed by atoms with E-state index in [1.807, 2.05) is 25.5 Å². The van der Waals surface area contributed by atoms with Crippen LogP contribution in [0.3, 0.4) is 0 Å². The zero-order valence-corrected chi connectivity index (χ0v) is 13.4. The standard InChI is InChI=1S/C14H21N5O3/c1-7-10(20-4)11(21-5)14(22-7)19-6-16-9-12(15-3)17-8(2)18-13(9)19/h6-7,10-11,14H,1-5H3,(H,15,17,18). The number of anilines is 1. The SMILES string of the molecule is CNc1nc(C)nc2c1ncn2C1OC(C)C(OC)C1OC. The third-order valence-electron chi connectivity index (χ3n) is 4.01. The van der Waals surface area contributed by atoms with Crippen molar-refractivity contribution < 1.29 is 14.2 Å². The average molecular weight is 307 g/mol. The number of hydrogen-bond acceptors (Lipinski definition) is 7. The molecule has 0 aromatic carbocycles. The van der Waals surface area contributed by atoms with E-state index in [1.54, 1.807) is 20.5 Å². The molecule has 0 radical (unpaired) electrons. The number of ether oxygens (including phenoxy) is 3. The van der Waals surface area contributed by atoms with Gasteiger partial charge in [-0.2, -0.15) is 0 Å². The first-order chi connectivity index (χ1) is 10.6. The first kappa shape index (κ1) is 15.1. The maximum Gasteiger partial charge on any atom is 0.167 e. The summed E-state index contributed by atoms with van der Waals surface area (Å²) >= 11 is 0. The summed E-state index contributed by atoms with van der Waals surface area (Å²) in [4.78, 5) is 13.3. The van der Waals surface area contributed by atoms with Crippen LogP contribution >= 0.6 is 0 Å². The molecule has 3 rings (SSSR count). The van der Waals surface area contributed by atoms with E-state index in [0.717, 1.165) is 0 Å². The molecular weight excluding hydrogens is 286 g/mol. The maximum atomic E-state index is 6.03. The molecule has 2 aromatic heterocycles. The molecule has 120 valence electrons. The molecule has 1 saturated heterocycles. The number of nitrogens with zero attached hydrogens (tertiary/aromatic N) is 4. The van der Waals surface area contributed by atoms with Crippen molar-refractivity contribution in [1.82, 2.24) is 19.5 Å². The number of hydrogen-bond donors (Lipinski definition) is 1. The molecule has 0 bridgehead atoms. The number of imidazole rings is 1. The Balaban J connectivity index is 2.09. The van der Waals surface area contributed by atoms with Crippen molar-refractivity contribution in [3.05, 3.63) is 12.2 Å². The van der Waals surface area contributed by atoms with Crippen LogP contribution in [0.15, 0.2) is 6.33 Å². The molecule has 0 spiro atoms. The lowest BCUT2D eigenvalue weighted by Gasteiger charge is -2.21. The second kappa shape index (κ2) is 5.79. The summed E-state index contributed by atoms with van der Waals surface area (Å²) in [5, 5.41) is 3.04.